The molecule has 0 unspecified atom stereocenters. The topological polar surface area (TPSA) is 87.3 Å². The standard InChI is InChI=1S/C13H13N3O4S/c1-15-6-5-10(14-15)8-21-12-4-3-9(13(17)20-2)7-11(12)16(18)19/h3-7H,8H2,1-2H3. The van der Waals surface area contributed by atoms with Crippen LogP contribution in [0.25, 0.3) is 0 Å². The van der Waals surface area contributed by atoms with Gasteiger partial charge in [0.05, 0.1) is 28.2 Å². The predicted octanol–water partition coefficient (Wildman–Crippen LogP) is 2.41. The predicted molar refractivity (Wildman–Crippen MR) is 77.2 cm³/mol. The van der Waals surface area contributed by atoms with E-state index in [1.807, 2.05) is 19.3 Å². The van der Waals surface area contributed by atoms with Crippen LogP contribution in [-0.2, 0) is 17.5 Å². The van der Waals surface area contributed by atoms with Gasteiger partial charge in [0, 0.05) is 25.1 Å². The van der Waals surface area contributed by atoms with Crippen molar-refractivity contribution in [2.24, 2.45) is 7.05 Å². The number of nitro groups is 1. The Hall–Kier alpha value is -2.35. The number of esters is 1. The fourth-order valence-electron chi connectivity index (χ4n) is 1.72. The van der Waals surface area contributed by atoms with Crippen LogP contribution in [0.15, 0.2) is 35.4 Å². The number of ether oxygens (including phenoxy) is 1. The first kappa shape index (κ1) is 15.0. The summed E-state index contributed by atoms with van der Waals surface area (Å²) in [6, 6.07) is 6.14. The van der Waals surface area contributed by atoms with Crippen LogP contribution in [0.1, 0.15) is 16.1 Å². The molecule has 1 heterocycles. The van der Waals surface area contributed by atoms with Gasteiger partial charge in [-0.1, -0.05) is 0 Å². The quantitative estimate of drug-likeness (QED) is 0.365. The third-order valence-electron chi connectivity index (χ3n) is 2.72. The lowest BCUT2D eigenvalue weighted by atomic mass is 10.2. The summed E-state index contributed by atoms with van der Waals surface area (Å²) in [4.78, 5) is 22.5. The van der Waals surface area contributed by atoms with Gasteiger partial charge >= 0.3 is 5.97 Å². The molecular weight excluding hydrogens is 294 g/mol. The minimum atomic E-state index is -0.598. The SMILES string of the molecule is COC(=O)c1ccc(SCc2ccn(C)n2)c([N+](=O)[O-])c1. The molecule has 0 aliphatic heterocycles. The van der Waals surface area contributed by atoms with Crippen LogP contribution in [-0.4, -0.2) is 27.8 Å². The van der Waals surface area contributed by atoms with E-state index >= 15 is 0 Å². The van der Waals surface area contributed by atoms with Gasteiger partial charge in [0.25, 0.3) is 5.69 Å². The summed E-state index contributed by atoms with van der Waals surface area (Å²) in [7, 11) is 3.04. The second-order valence-corrected chi connectivity index (χ2v) is 5.22. The largest absolute Gasteiger partial charge is 0.465 e. The second kappa shape index (κ2) is 6.40. The molecule has 0 radical (unpaired) electrons. The molecule has 2 aromatic rings. The van der Waals surface area contributed by atoms with Crippen LogP contribution >= 0.6 is 11.8 Å². The highest BCUT2D eigenvalue weighted by atomic mass is 32.2. The van der Waals surface area contributed by atoms with E-state index in [4.69, 9.17) is 0 Å². The van der Waals surface area contributed by atoms with E-state index in [1.54, 1.807) is 10.7 Å². The van der Waals surface area contributed by atoms with Crippen LogP contribution in [0.5, 0.6) is 0 Å². The summed E-state index contributed by atoms with van der Waals surface area (Å²) in [6.45, 7) is 0. The number of methoxy groups -OCH3 is 1. The Labute approximate surface area is 125 Å². The first-order valence-electron chi connectivity index (χ1n) is 5.99. The Morgan fingerprint density at radius 1 is 1.48 bits per heavy atom. The van der Waals surface area contributed by atoms with Crippen LogP contribution in [0.2, 0.25) is 0 Å². The summed E-state index contributed by atoms with van der Waals surface area (Å²) in [6.07, 6.45) is 1.81. The van der Waals surface area contributed by atoms with Gasteiger partial charge in [-0.2, -0.15) is 5.10 Å². The molecule has 0 atom stereocenters. The zero-order valence-corrected chi connectivity index (χ0v) is 12.3. The molecule has 110 valence electrons. The van der Waals surface area contributed by atoms with Gasteiger partial charge in [0.1, 0.15) is 0 Å². The minimum absolute atomic E-state index is 0.112. The number of carbonyl (C=O) groups is 1. The van der Waals surface area contributed by atoms with Gasteiger partial charge in [-0.25, -0.2) is 4.79 Å². The summed E-state index contributed by atoms with van der Waals surface area (Å²) in [5.74, 6) is -0.0847. The van der Waals surface area contributed by atoms with Gasteiger partial charge in [0.15, 0.2) is 0 Å². The molecule has 1 aromatic carbocycles. The summed E-state index contributed by atoms with van der Waals surface area (Å²) < 4.78 is 6.23. The Kier molecular flexibility index (Phi) is 4.59. The Morgan fingerprint density at radius 2 is 2.24 bits per heavy atom. The molecule has 0 N–H and O–H groups in total. The van der Waals surface area contributed by atoms with E-state index in [0.717, 1.165) is 5.69 Å². The highest BCUT2D eigenvalue weighted by Gasteiger charge is 2.18. The number of hydrogen-bond acceptors (Lipinski definition) is 6. The number of hydrogen-bond donors (Lipinski definition) is 0. The fraction of sp³-hybridized carbons (Fsp3) is 0.231. The van der Waals surface area contributed by atoms with E-state index in [1.165, 1.54) is 31.0 Å². The van der Waals surface area contributed by atoms with Gasteiger partial charge in [-0.05, 0) is 18.2 Å². The molecule has 2 rings (SSSR count). The van der Waals surface area contributed by atoms with Crippen LogP contribution in [0.4, 0.5) is 5.69 Å². The first-order valence-corrected chi connectivity index (χ1v) is 6.98. The van der Waals surface area contributed by atoms with Crippen molar-refractivity contribution in [3.05, 3.63) is 51.8 Å². The third-order valence-corrected chi connectivity index (χ3v) is 3.82. The number of nitrogens with zero attached hydrogens (tertiary/aromatic N) is 3. The molecule has 21 heavy (non-hydrogen) atoms. The maximum Gasteiger partial charge on any atom is 0.338 e. The van der Waals surface area contributed by atoms with Crippen molar-refractivity contribution in [1.82, 2.24) is 9.78 Å². The molecule has 0 fully saturated rings. The third kappa shape index (κ3) is 3.60. The van der Waals surface area contributed by atoms with E-state index in [-0.39, 0.29) is 11.3 Å². The van der Waals surface area contributed by atoms with Gasteiger partial charge in [-0.15, -0.1) is 11.8 Å². The number of aromatic nitrogens is 2. The number of benzene rings is 1. The highest BCUT2D eigenvalue weighted by Crippen LogP contribution is 2.32. The van der Waals surface area contributed by atoms with Crippen molar-refractivity contribution >= 4 is 23.4 Å². The van der Waals surface area contributed by atoms with Gasteiger partial charge < -0.3 is 4.74 Å². The number of nitro benzene ring substituents is 1. The lowest BCUT2D eigenvalue weighted by Gasteiger charge is -2.04. The monoisotopic (exact) mass is 307 g/mol. The molecule has 0 amide bonds. The summed E-state index contributed by atoms with van der Waals surface area (Å²) in [5, 5.41) is 15.3. The second-order valence-electron chi connectivity index (χ2n) is 4.20. The van der Waals surface area contributed by atoms with Crippen molar-refractivity contribution < 1.29 is 14.5 Å². The lowest BCUT2D eigenvalue weighted by Crippen LogP contribution is -2.02. The van der Waals surface area contributed by atoms with Crippen molar-refractivity contribution in [1.29, 1.82) is 0 Å². The Morgan fingerprint density at radius 3 is 2.81 bits per heavy atom. The number of aryl methyl sites for hydroxylation is 1. The van der Waals surface area contributed by atoms with Crippen molar-refractivity contribution in [2.45, 2.75) is 10.6 Å². The highest BCUT2D eigenvalue weighted by molar-refractivity contribution is 7.98. The van der Waals surface area contributed by atoms with Crippen molar-refractivity contribution in [3.63, 3.8) is 0 Å². The summed E-state index contributed by atoms with van der Waals surface area (Å²) in [5.41, 5.74) is 0.874. The molecule has 7 nitrogen and oxygen atoms in total. The van der Waals surface area contributed by atoms with E-state index in [0.29, 0.717) is 10.6 Å². The molecule has 8 heteroatoms. The lowest BCUT2D eigenvalue weighted by molar-refractivity contribution is -0.387. The first-order chi connectivity index (χ1) is 10.0. The fourth-order valence-corrected chi connectivity index (χ4v) is 2.62. The molecule has 1 aromatic heterocycles. The van der Waals surface area contributed by atoms with E-state index < -0.39 is 10.9 Å². The molecule has 0 aliphatic rings. The normalized spacial score (nSPS) is 10.4. The van der Waals surface area contributed by atoms with Crippen LogP contribution < -0.4 is 0 Å². The average Bonchev–Trinajstić information content (AvgIpc) is 2.89. The van der Waals surface area contributed by atoms with E-state index in [2.05, 4.69) is 9.84 Å². The van der Waals surface area contributed by atoms with E-state index in [9.17, 15) is 14.9 Å². The van der Waals surface area contributed by atoms with Crippen LogP contribution in [0, 0.1) is 10.1 Å². The minimum Gasteiger partial charge on any atom is -0.465 e. The number of carbonyl (C=O) groups excluding carboxylic acids is 1. The number of thioether (sulfide) groups is 1. The number of rotatable bonds is 5. The maximum absolute atomic E-state index is 11.4. The van der Waals surface area contributed by atoms with Crippen LogP contribution in [0.3, 0.4) is 0 Å². The Bertz CT molecular complexity index is 684. The smallest absolute Gasteiger partial charge is 0.338 e. The van der Waals surface area contributed by atoms with Gasteiger partial charge in [0.2, 0.25) is 0 Å². The molecule has 0 bridgehead atoms. The van der Waals surface area contributed by atoms with Crippen molar-refractivity contribution in [2.75, 3.05) is 7.11 Å². The molecular formula is C13H13N3O4S. The molecule has 0 saturated carbocycles. The van der Waals surface area contributed by atoms with Crippen molar-refractivity contribution in [3.8, 4) is 0 Å². The molecule has 0 spiro atoms. The molecule has 0 saturated heterocycles. The zero-order valence-electron chi connectivity index (χ0n) is 11.5. The van der Waals surface area contributed by atoms with Gasteiger partial charge in [-0.3, -0.25) is 14.8 Å². The average molecular weight is 307 g/mol. The Balaban J connectivity index is 2.22. The molecule has 0 aliphatic carbocycles. The summed E-state index contributed by atoms with van der Waals surface area (Å²) >= 11 is 1.30. The maximum atomic E-state index is 11.4. The zero-order chi connectivity index (χ0) is 15.4.